The van der Waals surface area contributed by atoms with Crippen molar-refractivity contribution >= 4 is 34.2 Å². The van der Waals surface area contributed by atoms with Crippen molar-refractivity contribution in [2.24, 2.45) is 0 Å². The average molecular weight is 496 g/mol. The predicted molar refractivity (Wildman–Crippen MR) is 139 cm³/mol. The monoisotopic (exact) mass is 495 g/mol. The maximum atomic E-state index is 14.7. The minimum absolute atomic E-state index is 0.0289. The summed E-state index contributed by atoms with van der Waals surface area (Å²) in [6.45, 7) is 10.5. The quantitative estimate of drug-likeness (QED) is 0.489. The smallest absolute Gasteiger partial charge is 0.227 e. The standard InChI is InChI=1S/C26H34FN7O2/c1-15(2)18-11-30-23(34-14-26(5,36)16(34)3)19-12-29-22(10-17(18)19)31-21-6-8-28-24(32-21)33-9-7-20(35)25(4,27)13-33/h6,8,10-12,15-16,20,35-36H,7,9,13-14H2,1-5H3,(H,28,29,31,32)/t16-,20-,25+,26+/m1/s1. The van der Waals surface area contributed by atoms with Crippen molar-refractivity contribution in [3.8, 4) is 0 Å². The number of aromatic nitrogens is 4. The summed E-state index contributed by atoms with van der Waals surface area (Å²) in [5, 5.41) is 25.6. The molecule has 9 nitrogen and oxygen atoms in total. The summed E-state index contributed by atoms with van der Waals surface area (Å²) in [6, 6.07) is 3.70. The summed E-state index contributed by atoms with van der Waals surface area (Å²) in [4.78, 5) is 22.1. The van der Waals surface area contributed by atoms with Crippen LogP contribution >= 0.6 is 0 Å². The van der Waals surface area contributed by atoms with E-state index in [1.807, 2.05) is 32.3 Å². The van der Waals surface area contributed by atoms with Crippen LogP contribution in [0.25, 0.3) is 10.8 Å². The highest BCUT2D eigenvalue weighted by molar-refractivity contribution is 5.96. The predicted octanol–water partition coefficient (Wildman–Crippen LogP) is 3.55. The van der Waals surface area contributed by atoms with Crippen LogP contribution in [0.2, 0.25) is 0 Å². The van der Waals surface area contributed by atoms with E-state index in [1.165, 1.54) is 6.92 Å². The number of fused-ring (bicyclic) bond motifs is 1. The molecular weight excluding hydrogens is 461 g/mol. The zero-order valence-corrected chi connectivity index (χ0v) is 21.4. The highest BCUT2D eigenvalue weighted by Gasteiger charge is 2.46. The highest BCUT2D eigenvalue weighted by atomic mass is 19.1. The van der Waals surface area contributed by atoms with Crippen molar-refractivity contribution in [3.05, 3.63) is 36.3 Å². The minimum atomic E-state index is -1.72. The normalized spacial score (nSPS) is 28.5. The van der Waals surface area contributed by atoms with E-state index in [0.717, 1.165) is 22.2 Å². The van der Waals surface area contributed by atoms with Gasteiger partial charge in [0, 0.05) is 30.5 Å². The number of alkyl halides is 1. The molecule has 2 aliphatic heterocycles. The number of nitrogens with zero attached hydrogens (tertiary/aromatic N) is 6. The second-order valence-corrected chi connectivity index (χ2v) is 10.8. The first kappa shape index (κ1) is 24.6. The van der Waals surface area contributed by atoms with E-state index in [-0.39, 0.29) is 18.5 Å². The Morgan fingerprint density at radius 3 is 2.56 bits per heavy atom. The van der Waals surface area contributed by atoms with Crippen LogP contribution in [-0.4, -0.2) is 73.2 Å². The number of hydrogen-bond donors (Lipinski definition) is 3. The van der Waals surface area contributed by atoms with Crippen LogP contribution in [0.4, 0.5) is 27.8 Å². The summed E-state index contributed by atoms with van der Waals surface area (Å²) in [6.07, 6.45) is 4.68. The Labute approximate surface area is 210 Å². The van der Waals surface area contributed by atoms with E-state index in [0.29, 0.717) is 37.1 Å². The van der Waals surface area contributed by atoms with Crippen LogP contribution in [0.15, 0.2) is 30.7 Å². The average Bonchev–Trinajstić information content (AvgIpc) is 2.83. The zero-order chi connectivity index (χ0) is 25.8. The van der Waals surface area contributed by atoms with Crippen molar-refractivity contribution in [1.82, 2.24) is 19.9 Å². The van der Waals surface area contributed by atoms with Crippen molar-refractivity contribution in [1.29, 1.82) is 0 Å². The second kappa shape index (κ2) is 8.77. The van der Waals surface area contributed by atoms with Crippen LogP contribution in [0.3, 0.4) is 0 Å². The fourth-order valence-electron chi connectivity index (χ4n) is 5.00. The largest absolute Gasteiger partial charge is 0.390 e. The number of rotatable bonds is 5. The van der Waals surface area contributed by atoms with E-state index in [9.17, 15) is 14.6 Å². The fraction of sp³-hybridized carbons (Fsp3) is 0.538. The number of nitrogens with one attached hydrogen (secondary N) is 1. The summed E-state index contributed by atoms with van der Waals surface area (Å²) in [7, 11) is 0. The topological polar surface area (TPSA) is 111 Å². The van der Waals surface area contributed by atoms with Gasteiger partial charge in [-0.25, -0.2) is 19.3 Å². The number of pyridine rings is 2. The molecule has 3 N–H and O–H groups in total. The molecule has 0 amide bonds. The Kier molecular flexibility index (Phi) is 5.99. The van der Waals surface area contributed by atoms with Gasteiger partial charge in [-0.1, -0.05) is 13.8 Å². The van der Waals surface area contributed by atoms with Crippen LogP contribution in [-0.2, 0) is 0 Å². The van der Waals surface area contributed by atoms with Gasteiger partial charge in [0.25, 0.3) is 0 Å². The van der Waals surface area contributed by atoms with Crippen LogP contribution < -0.4 is 15.1 Å². The minimum Gasteiger partial charge on any atom is -0.390 e. The zero-order valence-electron chi connectivity index (χ0n) is 21.4. The van der Waals surface area contributed by atoms with E-state index in [4.69, 9.17) is 4.98 Å². The third-order valence-corrected chi connectivity index (χ3v) is 7.58. The van der Waals surface area contributed by atoms with Gasteiger partial charge in [0.1, 0.15) is 17.5 Å². The number of β-amino-alcohol motifs (C(OH)–C–C–N with tert-alkyl or cyclic N) is 1. The number of halogens is 1. The Morgan fingerprint density at radius 2 is 1.89 bits per heavy atom. The van der Waals surface area contributed by atoms with Crippen molar-refractivity contribution < 1.29 is 14.6 Å². The van der Waals surface area contributed by atoms with E-state index >= 15 is 0 Å². The van der Waals surface area contributed by atoms with Crippen LogP contribution in [0, 0.1) is 0 Å². The molecule has 0 aliphatic carbocycles. The van der Waals surface area contributed by atoms with Crippen molar-refractivity contribution in [2.45, 2.75) is 70.4 Å². The van der Waals surface area contributed by atoms with E-state index < -0.39 is 17.4 Å². The van der Waals surface area contributed by atoms with E-state index in [2.05, 4.69) is 39.0 Å². The summed E-state index contributed by atoms with van der Waals surface area (Å²) < 4.78 is 14.7. The molecule has 0 unspecified atom stereocenters. The summed E-state index contributed by atoms with van der Waals surface area (Å²) in [5.41, 5.74) is -1.35. The number of aliphatic hydroxyl groups is 2. The van der Waals surface area contributed by atoms with Crippen LogP contribution in [0.1, 0.15) is 52.5 Å². The SMILES string of the molecule is CC(C)c1cnc(N2C[C@](C)(O)[C@H]2C)c2cnc(Nc3ccnc(N4CC[C@@H](O)[C@@](C)(F)C4)n3)cc12. The lowest BCUT2D eigenvalue weighted by Crippen LogP contribution is -2.67. The molecular formula is C26H34FN7O2. The van der Waals surface area contributed by atoms with Gasteiger partial charge in [0.15, 0.2) is 5.67 Å². The van der Waals surface area contributed by atoms with Gasteiger partial charge in [0.2, 0.25) is 5.95 Å². The summed E-state index contributed by atoms with van der Waals surface area (Å²) in [5.74, 6) is 2.66. The molecule has 3 aromatic heterocycles. The van der Waals surface area contributed by atoms with Gasteiger partial charge < -0.3 is 25.3 Å². The molecule has 3 aromatic rings. The number of aliphatic hydroxyl groups excluding tert-OH is 1. The first-order chi connectivity index (χ1) is 17.0. The van der Waals surface area contributed by atoms with E-state index in [1.54, 1.807) is 17.2 Å². The molecule has 2 aliphatic rings. The second-order valence-electron chi connectivity index (χ2n) is 10.8. The number of piperidine rings is 1. The first-order valence-electron chi connectivity index (χ1n) is 12.5. The maximum Gasteiger partial charge on any atom is 0.227 e. The molecule has 36 heavy (non-hydrogen) atoms. The summed E-state index contributed by atoms with van der Waals surface area (Å²) >= 11 is 0. The molecule has 0 bridgehead atoms. The van der Waals surface area contributed by atoms with Gasteiger partial charge >= 0.3 is 0 Å². The molecule has 0 saturated carbocycles. The van der Waals surface area contributed by atoms with Gasteiger partial charge in [-0.3, -0.25) is 0 Å². The molecule has 10 heteroatoms. The maximum absolute atomic E-state index is 14.7. The highest BCUT2D eigenvalue weighted by Crippen LogP contribution is 2.39. The Morgan fingerprint density at radius 1 is 1.11 bits per heavy atom. The first-order valence-corrected chi connectivity index (χ1v) is 12.5. The lowest BCUT2D eigenvalue weighted by atomic mass is 9.86. The van der Waals surface area contributed by atoms with Crippen molar-refractivity contribution in [3.63, 3.8) is 0 Å². The van der Waals surface area contributed by atoms with Crippen LogP contribution in [0.5, 0.6) is 0 Å². The Bertz CT molecular complexity index is 1280. The Balaban J connectivity index is 1.44. The molecule has 0 radical (unpaired) electrons. The molecule has 0 spiro atoms. The molecule has 5 heterocycles. The Hall–Kier alpha value is -3.11. The van der Waals surface area contributed by atoms with Crippen molar-refractivity contribution in [2.75, 3.05) is 34.8 Å². The third kappa shape index (κ3) is 4.32. The van der Waals surface area contributed by atoms with Gasteiger partial charge in [-0.05, 0) is 56.2 Å². The molecule has 192 valence electrons. The third-order valence-electron chi connectivity index (χ3n) is 7.58. The number of hydrogen-bond acceptors (Lipinski definition) is 9. The molecule has 2 saturated heterocycles. The molecule has 4 atom stereocenters. The number of anilines is 4. The van der Waals surface area contributed by atoms with Gasteiger partial charge in [-0.15, -0.1) is 0 Å². The fourth-order valence-corrected chi connectivity index (χ4v) is 5.00. The lowest BCUT2D eigenvalue weighted by Gasteiger charge is -2.52. The molecule has 5 rings (SSSR count). The molecule has 2 fully saturated rings. The lowest BCUT2D eigenvalue weighted by molar-refractivity contribution is -0.00860. The molecule has 0 aromatic carbocycles. The van der Waals surface area contributed by atoms with Gasteiger partial charge in [0.05, 0.1) is 30.8 Å². The van der Waals surface area contributed by atoms with Gasteiger partial charge in [-0.2, -0.15) is 4.98 Å².